The van der Waals surface area contributed by atoms with E-state index >= 15 is 0 Å². The van der Waals surface area contributed by atoms with E-state index in [9.17, 15) is 55.9 Å². The predicted octanol–water partition coefficient (Wildman–Crippen LogP) is -2.08. The van der Waals surface area contributed by atoms with E-state index in [0.717, 1.165) is 12.8 Å². The number of carbonyl (C=O) groups excluding carboxylic acids is 1. The summed E-state index contributed by atoms with van der Waals surface area (Å²) in [5, 5.41) is 107. The van der Waals surface area contributed by atoms with Crippen LogP contribution in [0.15, 0.2) is 0 Å². The van der Waals surface area contributed by atoms with Crippen LogP contribution in [0.2, 0.25) is 0 Å². The predicted molar refractivity (Wildman–Crippen MR) is 190 cm³/mol. The third-order valence-corrected chi connectivity index (χ3v) is 13.4. The fourth-order valence-electron chi connectivity index (χ4n) is 9.77. The third kappa shape index (κ3) is 10.3. The van der Waals surface area contributed by atoms with Crippen molar-refractivity contribution in [3.8, 4) is 0 Å². The van der Waals surface area contributed by atoms with E-state index in [2.05, 4.69) is 0 Å². The number of methoxy groups -OCH3 is 2. The van der Waals surface area contributed by atoms with Crippen LogP contribution in [0, 0.1) is 65.1 Å². The molecule has 0 amide bonds. The van der Waals surface area contributed by atoms with Gasteiger partial charge < -0.3 is 74.7 Å². The normalized spacial score (nSPS) is 46.0. The fourth-order valence-corrected chi connectivity index (χ4v) is 9.77. The maximum atomic E-state index is 12.9. The van der Waals surface area contributed by atoms with E-state index in [1.165, 1.54) is 14.2 Å². The Morgan fingerprint density at radius 2 is 0.963 bits per heavy atom. The van der Waals surface area contributed by atoms with E-state index < -0.39 is 108 Å². The van der Waals surface area contributed by atoms with Crippen molar-refractivity contribution < 1.29 is 79.5 Å². The number of hydrogen-bond donors (Lipinski definition) is 10. The van der Waals surface area contributed by atoms with Crippen molar-refractivity contribution in [3.05, 3.63) is 0 Å². The van der Waals surface area contributed by atoms with E-state index in [1.54, 1.807) is 0 Å². The highest BCUT2D eigenvalue weighted by molar-refractivity contribution is 5.73. The van der Waals surface area contributed by atoms with Gasteiger partial charge in [-0.15, -0.1) is 0 Å². The lowest BCUT2D eigenvalue weighted by Gasteiger charge is -2.44. The smallest absolute Gasteiger partial charge is 0.309 e. The highest BCUT2D eigenvalue weighted by atomic mass is 16.5. The van der Waals surface area contributed by atoms with Crippen molar-refractivity contribution in [2.24, 2.45) is 65.1 Å². The molecule has 0 spiro atoms. The monoisotopic (exact) mass is 780 g/mol. The molecular formula is C38H68O16. The Hall–Kier alpha value is -1.09. The number of hydrogen-bond acceptors (Lipinski definition) is 16. The van der Waals surface area contributed by atoms with Crippen LogP contribution in [0.25, 0.3) is 0 Å². The first-order chi connectivity index (χ1) is 25.7. The van der Waals surface area contributed by atoms with Crippen molar-refractivity contribution in [3.63, 3.8) is 0 Å². The number of rotatable bonds is 17. The molecule has 10 N–H and O–H groups in total. The zero-order valence-corrected chi connectivity index (χ0v) is 32.2. The Kier molecular flexibility index (Phi) is 17.8. The summed E-state index contributed by atoms with van der Waals surface area (Å²) in [4.78, 5) is 12.9. The maximum absolute atomic E-state index is 12.9. The summed E-state index contributed by atoms with van der Waals surface area (Å²) in [5.41, 5.74) is 0. The lowest BCUT2D eigenvalue weighted by Crippen LogP contribution is -2.55. The van der Waals surface area contributed by atoms with Gasteiger partial charge in [-0.25, -0.2) is 0 Å². The number of aliphatic hydroxyl groups is 10. The zero-order chi connectivity index (χ0) is 39.9. The van der Waals surface area contributed by atoms with E-state index in [0.29, 0.717) is 6.42 Å². The van der Waals surface area contributed by atoms with Crippen LogP contribution >= 0.6 is 0 Å². The van der Waals surface area contributed by atoms with Gasteiger partial charge in [0.1, 0.15) is 6.10 Å². The van der Waals surface area contributed by atoms with Gasteiger partial charge in [-0.1, -0.05) is 20.3 Å². The molecule has 316 valence electrons. The van der Waals surface area contributed by atoms with Gasteiger partial charge in [0, 0.05) is 61.7 Å². The average Bonchev–Trinajstić information content (AvgIpc) is 3.16. The Bertz CT molecular complexity index is 1120. The van der Waals surface area contributed by atoms with Gasteiger partial charge in [-0.05, 0) is 43.4 Å². The van der Waals surface area contributed by atoms with Crippen LogP contribution in [-0.2, 0) is 28.5 Å². The summed E-state index contributed by atoms with van der Waals surface area (Å²) in [5.74, 6) is -5.71. The van der Waals surface area contributed by atoms with Crippen LogP contribution < -0.4 is 0 Å². The molecule has 0 bridgehead atoms. The van der Waals surface area contributed by atoms with Gasteiger partial charge >= 0.3 is 5.97 Å². The largest absolute Gasteiger partial charge is 0.469 e. The van der Waals surface area contributed by atoms with Gasteiger partial charge in [0.25, 0.3) is 0 Å². The molecule has 0 saturated heterocycles. The molecule has 4 fully saturated rings. The highest BCUT2D eigenvalue weighted by Crippen LogP contribution is 2.40. The summed E-state index contributed by atoms with van der Waals surface area (Å²) in [6.45, 7) is 3.41. The summed E-state index contributed by atoms with van der Waals surface area (Å²) in [6, 6.07) is 0. The van der Waals surface area contributed by atoms with Crippen molar-refractivity contribution >= 4 is 5.97 Å². The number of aliphatic hydroxyl groups excluding tert-OH is 10. The molecule has 16 heteroatoms. The van der Waals surface area contributed by atoms with Gasteiger partial charge in [0.2, 0.25) is 0 Å². The molecular weight excluding hydrogens is 712 g/mol. The molecule has 16 nitrogen and oxygen atoms in total. The van der Waals surface area contributed by atoms with Crippen LogP contribution in [0.4, 0.5) is 0 Å². The molecule has 4 saturated carbocycles. The lowest BCUT2D eigenvalue weighted by molar-refractivity contribution is -0.179. The van der Waals surface area contributed by atoms with Crippen LogP contribution in [0.1, 0.15) is 46.0 Å². The molecule has 4 aliphatic carbocycles. The van der Waals surface area contributed by atoms with Crippen LogP contribution in [-0.4, -0.2) is 179 Å². The first kappa shape index (κ1) is 45.6. The quantitative estimate of drug-likeness (QED) is 0.0710. The number of carbonyl (C=O) groups is 1. The lowest BCUT2D eigenvalue weighted by atomic mass is 9.70. The Balaban J connectivity index is 1.28. The van der Waals surface area contributed by atoms with Crippen molar-refractivity contribution in [1.29, 1.82) is 0 Å². The van der Waals surface area contributed by atoms with Crippen LogP contribution in [0.5, 0.6) is 0 Å². The topological polar surface area (TPSA) is 266 Å². The average molecular weight is 781 g/mol. The SMILES string of the molecule is CCC1CC(C)C(COCC2CC(CO)C(COCC3CC(C(=O)OC)C(COCC4CC(CO)C(O)C(OC)C4O)C(O)C3O)C(O)C2O)C(O)C1O. The molecule has 0 aromatic carbocycles. The highest BCUT2D eigenvalue weighted by Gasteiger charge is 2.49. The second kappa shape index (κ2) is 21.1. The van der Waals surface area contributed by atoms with Crippen LogP contribution in [0.3, 0.4) is 0 Å². The molecule has 0 aliphatic heterocycles. The molecule has 0 aromatic rings. The Morgan fingerprint density at radius 1 is 0.519 bits per heavy atom. The first-order valence-corrected chi connectivity index (χ1v) is 19.7. The molecule has 54 heavy (non-hydrogen) atoms. The second-order valence-corrected chi connectivity index (χ2v) is 16.6. The molecule has 0 heterocycles. The maximum Gasteiger partial charge on any atom is 0.309 e. The summed E-state index contributed by atoms with van der Waals surface area (Å²) in [7, 11) is 2.58. The van der Waals surface area contributed by atoms with Gasteiger partial charge in [0.15, 0.2) is 0 Å². The second-order valence-electron chi connectivity index (χ2n) is 16.6. The van der Waals surface area contributed by atoms with Crippen molar-refractivity contribution in [2.75, 3.05) is 67.1 Å². The Labute approximate surface area is 318 Å². The fraction of sp³-hybridized carbons (Fsp3) is 0.974. The summed E-state index contributed by atoms with van der Waals surface area (Å²) >= 11 is 0. The molecule has 20 atom stereocenters. The molecule has 0 radical (unpaired) electrons. The zero-order valence-electron chi connectivity index (χ0n) is 32.2. The van der Waals surface area contributed by atoms with E-state index in [4.69, 9.17) is 23.7 Å². The minimum absolute atomic E-state index is 0.00895. The molecule has 4 rings (SSSR count). The molecule has 4 aliphatic rings. The number of ether oxygens (including phenoxy) is 5. The van der Waals surface area contributed by atoms with E-state index in [-0.39, 0.29) is 83.5 Å². The van der Waals surface area contributed by atoms with Gasteiger partial charge in [-0.2, -0.15) is 0 Å². The first-order valence-electron chi connectivity index (χ1n) is 19.7. The van der Waals surface area contributed by atoms with Crippen molar-refractivity contribution in [2.45, 2.75) is 101 Å². The van der Waals surface area contributed by atoms with E-state index in [1.807, 2.05) is 13.8 Å². The minimum atomic E-state index is -1.39. The standard InChI is InChI=1S/C38H68O16/c1-5-19-6-18(2)26(34(46)29(19)41)15-52-12-22-7-20(10-39)27(35(47)30(22)42)16-53-14-24-9-25(38(49)51-4)28(36(48)31(24)43)17-54-13-23-8-21(11-40)32(44)37(50-3)33(23)45/h18-37,39-48H,5-17H2,1-4H3. The summed E-state index contributed by atoms with van der Waals surface area (Å²) < 4.78 is 28.0. The Morgan fingerprint density at radius 3 is 1.50 bits per heavy atom. The minimum Gasteiger partial charge on any atom is -0.469 e. The van der Waals surface area contributed by atoms with Gasteiger partial charge in [-0.3, -0.25) is 4.79 Å². The summed E-state index contributed by atoms with van der Waals surface area (Å²) in [6.07, 6.45) is -7.65. The van der Waals surface area contributed by atoms with Crippen molar-refractivity contribution in [1.82, 2.24) is 0 Å². The molecule has 0 aromatic heterocycles. The third-order valence-electron chi connectivity index (χ3n) is 13.4. The number of esters is 1. The van der Waals surface area contributed by atoms with Gasteiger partial charge in [0.05, 0.1) is 102 Å². The molecule has 20 unspecified atom stereocenters.